The highest BCUT2D eigenvalue weighted by atomic mass is 79.9. The Morgan fingerprint density at radius 3 is 2.74 bits per heavy atom. The highest BCUT2D eigenvalue weighted by Gasteiger charge is 2.20. The molecule has 1 aliphatic rings. The monoisotopic (exact) mass is 438 g/mol. The molecule has 0 aliphatic carbocycles. The fourth-order valence-electron chi connectivity index (χ4n) is 2.99. The smallest absolute Gasteiger partial charge is 0.223 e. The summed E-state index contributed by atoms with van der Waals surface area (Å²) in [6.07, 6.45) is 0. The number of aliphatic imine (C=N–C) groups is 1. The van der Waals surface area contributed by atoms with E-state index in [4.69, 9.17) is 4.52 Å². The average molecular weight is 439 g/mol. The lowest BCUT2D eigenvalue weighted by Crippen LogP contribution is -2.52. The first-order chi connectivity index (χ1) is 13.0. The first-order valence-corrected chi connectivity index (χ1v) is 9.83. The second-order valence-electron chi connectivity index (χ2n) is 6.41. The molecule has 0 saturated carbocycles. The first kappa shape index (κ1) is 19.8. The van der Waals surface area contributed by atoms with Crippen molar-refractivity contribution in [2.24, 2.45) is 4.99 Å². The van der Waals surface area contributed by atoms with Gasteiger partial charge in [-0.2, -0.15) is 4.98 Å². The Morgan fingerprint density at radius 2 is 2.11 bits per heavy atom. The number of benzene rings is 1. The second-order valence-corrected chi connectivity index (χ2v) is 7.27. The van der Waals surface area contributed by atoms with E-state index in [1.54, 1.807) is 19.1 Å². The third-order valence-electron chi connectivity index (χ3n) is 4.34. The lowest BCUT2D eigenvalue weighted by atomic mass is 10.2. The van der Waals surface area contributed by atoms with Crippen LogP contribution >= 0.6 is 15.9 Å². The van der Waals surface area contributed by atoms with Gasteiger partial charge in [0, 0.05) is 46.2 Å². The van der Waals surface area contributed by atoms with Crippen molar-refractivity contribution in [2.75, 3.05) is 32.7 Å². The topological polar surface area (TPSA) is 69.8 Å². The molecule has 2 heterocycles. The predicted molar refractivity (Wildman–Crippen MR) is 105 cm³/mol. The predicted octanol–water partition coefficient (Wildman–Crippen LogP) is 2.56. The highest BCUT2D eigenvalue weighted by Crippen LogP contribution is 2.18. The molecule has 0 unspecified atom stereocenters. The summed E-state index contributed by atoms with van der Waals surface area (Å²) in [5, 5.41) is 7.21. The summed E-state index contributed by atoms with van der Waals surface area (Å²) in [4.78, 5) is 13.4. The maximum absolute atomic E-state index is 13.7. The van der Waals surface area contributed by atoms with Gasteiger partial charge < -0.3 is 14.7 Å². The van der Waals surface area contributed by atoms with E-state index in [9.17, 15) is 4.39 Å². The Kier molecular flexibility index (Phi) is 6.78. The van der Waals surface area contributed by atoms with Gasteiger partial charge in [-0.3, -0.25) is 4.90 Å². The number of nitrogens with one attached hydrogen (secondary N) is 1. The molecule has 1 aliphatic heterocycles. The Bertz CT molecular complexity index is 788. The quantitative estimate of drug-likeness (QED) is 0.571. The number of aryl methyl sites for hydroxylation is 1. The van der Waals surface area contributed by atoms with Gasteiger partial charge in [0.2, 0.25) is 5.89 Å². The number of rotatable bonds is 5. The summed E-state index contributed by atoms with van der Waals surface area (Å²) >= 11 is 3.20. The number of guanidine groups is 1. The van der Waals surface area contributed by atoms with Gasteiger partial charge in [-0.05, 0) is 40.5 Å². The van der Waals surface area contributed by atoms with E-state index in [0.29, 0.717) is 22.7 Å². The van der Waals surface area contributed by atoms with Crippen molar-refractivity contribution >= 4 is 21.9 Å². The van der Waals surface area contributed by atoms with E-state index < -0.39 is 0 Å². The maximum Gasteiger partial charge on any atom is 0.223 e. The molecular formula is C18H24BrFN6O. The third-order valence-corrected chi connectivity index (χ3v) is 4.98. The maximum atomic E-state index is 13.7. The van der Waals surface area contributed by atoms with Crippen LogP contribution in [-0.4, -0.2) is 58.6 Å². The van der Waals surface area contributed by atoms with Crippen LogP contribution in [0.2, 0.25) is 0 Å². The van der Waals surface area contributed by atoms with Crippen molar-refractivity contribution in [3.63, 3.8) is 0 Å². The molecule has 1 aromatic carbocycles. The largest absolute Gasteiger partial charge is 0.357 e. The molecule has 1 aromatic heterocycles. The standard InChI is InChI=1S/C18H24BrFN6O/c1-3-21-18(22-11-17-23-13(2)27-24-17)26-8-6-25(7-9-26)12-14-4-5-15(19)16(20)10-14/h4-5,10H,3,6-9,11-12H2,1-2H3,(H,21,22). The molecule has 1 saturated heterocycles. The van der Waals surface area contributed by atoms with Gasteiger partial charge in [-0.25, -0.2) is 9.38 Å². The average Bonchev–Trinajstić information content (AvgIpc) is 3.08. The Labute approximate surface area is 166 Å². The van der Waals surface area contributed by atoms with Gasteiger partial charge >= 0.3 is 0 Å². The summed E-state index contributed by atoms with van der Waals surface area (Å²) in [5.74, 6) is 1.76. The molecular weight excluding hydrogens is 415 g/mol. The van der Waals surface area contributed by atoms with E-state index in [-0.39, 0.29) is 5.82 Å². The van der Waals surface area contributed by atoms with E-state index in [1.807, 2.05) is 13.0 Å². The van der Waals surface area contributed by atoms with E-state index in [0.717, 1.165) is 50.8 Å². The van der Waals surface area contributed by atoms with Crippen LogP contribution in [0, 0.1) is 12.7 Å². The molecule has 27 heavy (non-hydrogen) atoms. The number of hydrogen-bond donors (Lipinski definition) is 1. The zero-order valence-electron chi connectivity index (χ0n) is 15.6. The van der Waals surface area contributed by atoms with Crippen molar-refractivity contribution in [3.05, 3.63) is 45.8 Å². The van der Waals surface area contributed by atoms with Crippen LogP contribution in [0.5, 0.6) is 0 Å². The number of hydrogen-bond acceptors (Lipinski definition) is 5. The molecule has 9 heteroatoms. The second kappa shape index (κ2) is 9.27. The number of piperazine rings is 1. The summed E-state index contributed by atoms with van der Waals surface area (Å²) < 4.78 is 19.2. The van der Waals surface area contributed by atoms with Crippen LogP contribution in [0.1, 0.15) is 24.2 Å². The summed E-state index contributed by atoms with van der Waals surface area (Å²) in [7, 11) is 0. The zero-order valence-corrected chi connectivity index (χ0v) is 17.2. The van der Waals surface area contributed by atoms with Crippen LogP contribution in [0.4, 0.5) is 4.39 Å². The van der Waals surface area contributed by atoms with Gasteiger partial charge in [0.15, 0.2) is 11.8 Å². The summed E-state index contributed by atoms with van der Waals surface area (Å²) in [6.45, 7) is 9.24. The molecule has 1 fully saturated rings. The van der Waals surface area contributed by atoms with Crippen LogP contribution in [-0.2, 0) is 13.1 Å². The SMILES string of the molecule is CCNC(=NCc1noc(C)n1)N1CCN(Cc2ccc(Br)c(F)c2)CC1. The lowest BCUT2D eigenvalue weighted by Gasteiger charge is -2.36. The van der Waals surface area contributed by atoms with Crippen molar-refractivity contribution in [1.82, 2.24) is 25.3 Å². The van der Waals surface area contributed by atoms with E-state index in [1.165, 1.54) is 0 Å². The Balaban J connectivity index is 1.55. The lowest BCUT2D eigenvalue weighted by molar-refractivity contribution is 0.172. The van der Waals surface area contributed by atoms with Crippen LogP contribution in [0.25, 0.3) is 0 Å². The van der Waals surface area contributed by atoms with Crippen molar-refractivity contribution in [3.8, 4) is 0 Å². The van der Waals surface area contributed by atoms with Crippen molar-refractivity contribution in [1.29, 1.82) is 0 Å². The fourth-order valence-corrected chi connectivity index (χ4v) is 3.24. The molecule has 0 atom stereocenters. The number of aromatic nitrogens is 2. The number of nitrogens with zero attached hydrogens (tertiary/aromatic N) is 5. The minimum atomic E-state index is -0.218. The van der Waals surface area contributed by atoms with E-state index >= 15 is 0 Å². The molecule has 3 rings (SSSR count). The Morgan fingerprint density at radius 1 is 1.33 bits per heavy atom. The molecule has 0 spiro atoms. The number of halogens is 2. The molecule has 7 nitrogen and oxygen atoms in total. The normalized spacial score (nSPS) is 16.0. The minimum absolute atomic E-state index is 0.218. The van der Waals surface area contributed by atoms with Gasteiger partial charge in [0.1, 0.15) is 12.4 Å². The third kappa shape index (κ3) is 5.49. The van der Waals surface area contributed by atoms with Gasteiger partial charge in [0.25, 0.3) is 0 Å². The minimum Gasteiger partial charge on any atom is -0.357 e. The molecule has 1 N–H and O–H groups in total. The summed E-state index contributed by atoms with van der Waals surface area (Å²) in [6, 6.07) is 5.31. The molecule has 2 aromatic rings. The van der Waals surface area contributed by atoms with Gasteiger partial charge in [-0.1, -0.05) is 11.2 Å². The molecule has 146 valence electrons. The van der Waals surface area contributed by atoms with Crippen molar-refractivity contribution < 1.29 is 8.91 Å². The summed E-state index contributed by atoms with van der Waals surface area (Å²) in [5.41, 5.74) is 0.984. The van der Waals surface area contributed by atoms with Gasteiger partial charge in [-0.15, -0.1) is 0 Å². The first-order valence-electron chi connectivity index (χ1n) is 9.04. The zero-order chi connectivity index (χ0) is 19.2. The fraction of sp³-hybridized carbons (Fsp3) is 0.500. The molecule has 0 amide bonds. The van der Waals surface area contributed by atoms with Crippen LogP contribution in [0.3, 0.4) is 0 Å². The van der Waals surface area contributed by atoms with Gasteiger partial charge in [0.05, 0.1) is 4.47 Å². The highest BCUT2D eigenvalue weighted by molar-refractivity contribution is 9.10. The Hall–Kier alpha value is -2.00. The van der Waals surface area contributed by atoms with Crippen molar-refractivity contribution in [2.45, 2.75) is 26.9 Å². The van der Waals surface area contributed by atoms with Crippen LogP contribution < -0.4 is 5.32 Å². The molecule has 0 bridgehead atoms. The van der Waals surface area contributed by atoms with Crippen LogP contribution in [0.15, 0.2) is 32.2 Å². The molecule has 0 radical (unpaired) electrons. The van der Waals surface area contributed by atoms with E-state index in [2.05, 4.69) is 46.2 Å².